The van der Waals surface area contributed by atoms with Crippen LogP contribution in [0.2, 0.25) is 0 Å². The van der Waals surface area contributed by atoms with E-state index in [2.05, 4.69) is 4.98 Å². The predicted octanol–water partition coefficient (Wildman–Crippen LogP) is 4.45. The number of thioether (sulfide) groups is 1. The summed E-state index contributed by atoms with van der Waals surface area (Å²) in [7, 11) is 0. The molecule has 3 aliphatic heterocycles. The van der Waals surface area contributed by atoms with Crippen molar-refractivity contribution in [2.45, 2.75) is 63.5 Å². The van der Waals surface area contributed by atoms with E-state index in [-0.39, 0.29) is 54.6 Å². The molecule has 268 valence electrons. The molecule has 6 rings (SSSR count). The lowest BCUT2D eigenvalue weighted by Crippen LogP contribution is -2.63. The number of carbonyl (C=O) groups is 3. The van der Waals surface area contributed by atoms with Crippen molar-refractivity contribution in [3.05, 3.63) is 107 Å². The Balaban J connectivity index is 1.23. The predicted molar refractivity (Wildman–Crippen MR) is 182 cm³/mol. The minimum atomic E-state index is -0.953. The lowest BCUT2D eigenvalue weighted by atomic mass is 9.79. The number of rotatable bonds is 12. The Labute approximate surface area is 299 Å². The second kappa shape index (κ2) is 14.7. The van der Waals surface area contributed by atoms with Crippen LogP contribution in [0.4, 0.5) is 16.2 Å². The maximum absolute atomic E-state index is 13.7. The van der Waals surface area contributed by atoms with E-state index in [1.54, 1.807) is 5.38 Å². The Kier molecular flexibility index (Phi) is 10.4. The van der Waals surface area contributed by atoms with Crippen LogP contribution in [0.25, 0.3) is 0 Å². The van der Waals surface area contributed by atoms with Crippen molar-refractivity contribution in [3.8, 4) is 0 Å². The smallest absolute Gasteiger partial charge is 0.410 e. The van der Waals surface area contributed by atoms with Gasteiger partial charge >= 0.3 is 12.1 Å². The molecule has 0 bridgehead atoms. The van der Waals surface area contributed by atoms with E-state index in [4.69, 9.17) is 9.47 Å². The topological polar surface area (TPSA) is 216 Å². The molecule has 3 aromatic rings. The number of amides is 2. The van der Waals surface area contributed by atoms with Crippen LogP contribution in [0.5, 0.6) is 0 Å². The van der Waals surface area contributed by atoms with Gasteiger partial charge in [0.25, 0.3) is 11.4 Å². The Morgan fingerprint density at radius 1 is 1.04 bits per heavy atom. The van der Waals surface area contributed by atoms with Gasteiger partial charge in [0, 0.05) is 52.3 Å². The van der Waals surface area contributed by atoms with Crippen LogP contribution in [0, 0.1) is 32.1 Å². The van der Waals surface area contributed by atoms with E-state index in [0.717, 1.165) is 0 Å². The van der Waals surface area contributed by atoms with Crippen LogP contribution in [0.1, 0.15) is 48.1 Å². The fourth-order valence-electron chi connectivity index (χ4n) is 6.59. The summed E-state index contributed by atoms with van der Waals surface area (Å²) in [5.74, 6) is -2.23. The number of fused-ring (bicyclic) bond motifs is 1. The summed E-state index contributed by atoms with van der Waals surface area (Å²) in [5.41, 5.74) is 1.37. The zero-order valence-electron chi connectivity index (χ0n) is 27.3. The summed E-state index contributed by atoms with van der Waals surface area (Å²) in [6.45, 7) is 2.97. The summed E-state index contributed by atoms with van der Waals surface area (Å²) in [6, 6.07) is 10.2. The minimum Gasteiger partial charge on any atom is -0.456 e. The highest BCUT2D eigenvalue weighted by Gasteiger charge is 2.60. The molecule has 2 fully saturated rings. The number of hydrogen-bond acceptors (Lipinski definition) is 14. The monoisotopic (exact) mass is 739 g/mol. The van der Waals surface area contributed by atoms with E-state index in [9.17, 15) is 44.8 Å². The lowest BCUT2D eigenvalue weighted by Gasteiger charge is -2.46. The molecule has 16 nitrogen and oxygen atoms in total. The number of ether oxygens (including phenoxy) is 2. The van der Waals surface area contributed by atoms with Gasteiger partial charge in [0.05, 0.1) is 46.3 Å². The van der Waals surface area contributed by atoms with Gasteiger partial charge in [-0.1, -0.05) is 6.92 Å². The molecule has 2 aromatic carbocycles. The third kappa shape index (κ3) is 7.17. The summed E-state index contributed by atoms with van der Waals surface area (Å²) >= 11 is 2.63. The molecule has 6 atom stereocenters. The van der Waals surface area contributed by atoms with Crippen LogP contribution in [-0.4, -0.2) is 76.8 Å². The highest BCUT2D eigenvalue weighted by molar-refractivity contribution is 8.03. The summed E-state index contributed by atoms with van der Waals surface area (Å²) < 4.78 is 11.2. The van der Waals surface area contributed by atoms with E-state index in [0.29, 0.717) is 33.2 Å². The van der Waals surface area contributed by atoms with Gasteiger partial charge in [-0.15, -0.1) is 23.1 Å². The second-order valence-corrected chi connectivity index (χ2v) is 14.7. The van der Waals surface area contributed by atoms with E-state index in [1.807, 2.05) is 6.92 Å². The molecule has 2 amide bonds. The maximum Gasteiger partial charge on any atom is 0.410 e. The standard InChI is InChI=1S/C33H33N5O11S2/c1-17-27-26(18(2)40)31(41)36(27)28(32(42)48-14-19-3-7-22(8-4-19)37(44)45)29(17)51-24-11-25(30-34-21(13-39)16-50-30)35(12-24)33(43)49-15-20-5-9-23(10-6-20)38(46)47/h3-10,16-18,24-27,39-40H,11-15H2,1-2H3/t17-,18-,24+,25+,26?,27?/m1/s1. The zero-order valence-corrected chi connectivity index (χ0v) is 29.0. The van der Waals surface area contributed by atoms with Gasteiger partial charge < -0.3 is 24.6 Å². The number of likely N-dealkylation sites (tertiary alicyclic amines) is 1. The molecular formula is C33H33N5O11S2. The first-order chi connectivity index (χ1) is 24.4. The van der Waals surface area contributed by atoms with Gasteiger partial charge in [0.15, 0.2) is 0 Å². The van der Waals surface area contributed by atoms with Gasteiger partial charge in [-0.25, -0.2) is 14.6 Å². The number of non-ortho nitro benzene ring substituents is 2. The molecule has 0 spiro atoms. The molecule has 2 N–H and O–H groups in total. The Morgan fingerprint density at radius 3 is 2.16 bits per heavy atom. The van der Waals surface area contributed by atoms with Crippen LogP contribution >= 0.6 is 23.1 Å². The highest BCUT2D eigenvalue weighted by Crippen LogP contribution is 2.53. The van der Waals surface area contributed by atoms with Gasteiger partial charge in [0.2, 0.25) is 5.91 Å². The second-order valence-electron chi connectivity index (χ2n) is 12.4. The summed E-state index contributed by atoms with van der Waals surface area (Å²) in [4.78, 5) is 69.5. The fourth-order valence-corrected chi connectivity index (χ4v) is 9.04. The first kappa shape index (κ1) is 35.9. The van der Waals surface area contributed by atoms with Crippen LogP contribution in [0.3, 0.4) is 0 Å². The number of β-lactam (4-membered cyclic amide) rings is 1. The Morgan fingerprint density at radius 2 is 1.63 bits per heavy atom. The van der Waals surface area contributed by atoms with Crippen molar-refractivity contribution in [2.24, 2.45) is 11.8 Å². The number of hydrogen-bond donors (Lipinski definition) is 2. The highest BCUT2D eigenvalue weighted by atomic mass is 32.2. The number of aromatic nitrogens is 1. The molecule has 18 heteroatoms. The molecule has 2 saturated heterocycles. The summed E-state index contributed by atoms with van der Waals surface area (Å²) in [6.07, 6.45) is -1.20. The van der Waals surface area contributed by atoms with Gasteiger partial charge in [-0.3, -0.25) is 29.9 Å². The van der Waals surface area contributed by atoms with Crippen LogP contribution in [-0.2, 0) is 38.9 Å². The number of aliphatic hydroxyl groups excluding tert-OH is 2. The number of aliphatic hydroxyl groups is 2. The molecule has 0 radical (unpaired) electrons. The number of benzene rings is 2. The van der Waals surface area contributed by atoms with Crippen molar-refractivity contribution in [1.82, 2.24) is 14.8 Å². The quantitative estimate of drug-likeness (QED) is 0.114. The maximum atomic E-state index is 13.7. The van der Waals surface area contributed by atoms with Crippen LogP contribution in [0.15, 0.2) is 64.5 Å². The third-order valence-corrected chi connectivity index (χ3v) is 11.6. The average Bonchev–Trinajstić information content (AvgIpc) is 3.82. The van der Waals surface area contributed by atoms with Gasteiger partial charge in [-0.05, 0) is 48.7 Å². The Hall–Kier alpha value is -4.91. The normalized spacial score (nSPS) is 23.1. The number of carbonyl (C=O) groups excluding carboxylic acids is 3. The number of nitro groups is 2. The third-order valence-electron chi connectivity index (χ3n) is 9.14. The van der Waals surface area contributed by atoms with Crippen molar-refractivity contribution in [1.29, 1.82) is 0 Å². The minimum absolute atomic E-state index is 0.0638. The summed E-state index contributed by atoms with van der Waals surface area (Å²) in [5, 5.41) is 44.1. The number of nitrogens with zero attached hydrogens (tertiary/aromatic N) is 5. The molecule has 4 heterocycles. The largest absolute Gasteiger partial charge is 0.456 e. The average molecular weight is 740 g/mol. The number of esters is 1. The number of thiazole rings is 1. The SMILES string of the molecule is C[C@@H](O)C1C(=O)N2C(C(=O)OCc3ccc([N+](=O)[O-])cc3)=C(S[C@H]3C[C@@H](c4nc(CO)cs4)N(C(=O)OCc4ccc([N+](=O)[O-])cc4)C3)[C@H](C)C12. The van der Waals surface area contributed by atoms with Crippen molar-refractivity contribution in [2.75, 3.05) is 6.54 Å². The zero-order chi connectivity index (χ0) is 36.6. The first-order valence-corrected chi connectivity index (χ1v) is 17.7. The lowest BCUT2D eigenvalue weighted by molar-refractivity contribution is -0.385. The Bertz CT molecular complexity index is 1880. The van der Waals surface area contributed by atoms with Crippen molar-refractivity contribution < 1.29 is 43.9 Å². The van der Waals surface area contributed by atoms with E-state index in [1.165, 1.54) is 88.4 Å². The van der Waals surface area contributed by atoms with Crippen molar-refractivity contribution >= 4 is 52.4 Å². The molecule has 2 unspecified atom stereocenters. The van der Waals surface area contributed by atoms with Gasteiger partial charge in [0.1, 0.15) is 23.9 Å². The fraction of sp³-hybridized carbons (Fsp3) is 0.394. The van der Waals surface area contributed by atoms with Crippen molar-refractivity contribution in [3.63, 3.8) is 0 Å². The molecule has 3 aliphatic rings. The van der Waals surface area contributed by atoms with E-state index >= 15 is 0 Å². The number of nitro benzene ring substituents is 2. The van der Waals surface area contributed by atoms with Gasteiger partial charge in [-0.2, -0.15) is 0 Å². The molecule has 1 aromatic heterocycles. The van der Waals surface area contributed by atoms with Crippen LogP contribution < -0.4 is 0 Å². The molecule has 0 saturated carbocycles. The first-order valence-electron chi connectivity index (χ1n) is 15.9. The molecular weight excluding hydrogens is 707 g/mol. The van der Waals surface area contributed by atoms with E-state index < -0.39 is 51.9 Å². The molecule has 0 aliphatic carbocycles. The molecule has 51 heavy (non-hydrogen) atoms.